The minimum Gasteiger partial charge on any atom is -0.497 e. The van der Waals surface area contributed by atoms with E-state index in [0.717, 1.165) is 18.1 Å². The summed E-state index contributed by atoms with van der Waals surface area (Å²) < 4.78 is 5.37. The van der Waals surface area contributed by atoms with E-state index in [9.17, 15) is 0 Å². The van der Waals surface area contributed by atoms with Gasteiger partial charge in [0, 0.05) is 18.6 Å². The van der Waals surface area contributed by atoms with Crippen LogP contribution in [0, 0.1) is 5.92 Å². The van der Waals surface area contributed by atoms with Crippen LogP contribution in [0.25, 0.3) is 0 Å². The highest BCUT2D eigenvalue weighted by Crippen LogP contribution is 2.36. The number of benzene rings is 1. The smallest absolute Gasteiger partial charge is 0.119 e. The molecule has 0 amide bonds. The summed E-state index contributed by atoms with van der Waals surface area (Å²) in [5.74, 6) is 1.91. The average molecular weight is 288 g/mol. The Morgan fingerprint density at radius 1 is 1.29 bits per heavy atom. The topological polar surface area (TPSA) is 24.5 Å². The second-order valence-electron chi connectivity index (χ2n) is 6.67. The maximum absolute atomic E-state index is 5.37. The van der Waals surface area contributed by atoms with E-state index in [0.29, 0.717) is 12.1 Å². The van der Waals surface area contributed by atoms with Gasteiger partial charge in [-0.2, -0.15) is 0 Å². The molecule has 2 unspecified atom stereocenters. The van der Waals surface area contributed by atoms with E-state index in [4.69, 9.17) is 4.74 Å². The van der Waals surface area contributed by atoms with Gasteiger partial charge in [0.15, 0.2) is 0 Å². The minimum absolute atomic E-state index is 0.435. The Morgan fingerprint density at radius 2 is 2.10 bits per heavy atom. The highest BCUT2D eigenvalue weighted by Gasteiger charge is 2.32. The van der Waals surface area contributed by atoms with Gasteiger partial charge in [0.25, 0.3) is 0 Å². The van der Waals surface area contributed by atoms with Crippen LogP contribution in [0.3, 0.4) is 0 Å². The van der Waals surface area contributed by atoms with Gasteiger partial charge in [-0.05, 0) is 69.0 Å². The number of fused-ring (bicyclic) bond motifs is 1. The summed E-state index contributed by atoms with van der Waals surface area (Å²) >= 11 is 0. The monoisotopic (exact) mass is 288 g/mol. The third-order valence-electron chi connectivity index (χ3n) is 5.43. The Balaban J connectivity index is 1.77. The van der Waals surface area contributed by atoms with E-state index in [-0.39, 0.29) is 0 Å². The van der Waals surface area contributed by atoms with Gasteiger partial charge in [-0.25, -0.2) is 0 Å². The molecule has 0 aliphatic heterocycles. The Hall–Kier alpha value is -1.06. The maximum atomic E-state index is 5.37. The van der Waals surface area contributed by atoms with Crippen molar-refractivity contribution < 1.29 is 4.74 Å². The number of hydrogen-bond donors (Lipinski definition) is 1. The lowest BCUT2D eigenvalue weighted by Crippen LogP contribution is -2.46. The van der Waals surface area contributed by atoms with Gasteiger partial charge in [-0.1, -0.05) is 12.5 Å². The molecular formula is C18H28N2O. The summed E-state index contributed by atoms with van der Waals surface area (Å²) in [7, 11) is 6.14. The highest BCUT2D eigenvalue weighted by molar-refractivity contribution is 5.40. The number of aryl methyl sites for hydroxylation is 1. The van der Waals surface area contributed by atoms with Crippen molar-refractivity contribution in [3.05, 3.63) is 29.3 Å². The fraction of sp³-hybridized carbons (Fsp3) is 0.667. The summed E-state index contributed by atoms with van der Waals surface area (Å²) in [6, 6.07) is 7.60. The summed E-state index contributed by atoms with van der Waals surface area (Å²) in [5.41, 5.74) is 2.90. The van der Waals surface area contributed by atoms with Crippen LogP contribution in [-0.2, 0) is 6.42 Å². The number of nitrogens with one attached hydrogen (secondary N) is 1. The Bertz CT molecular complexity index is 484. The van der Waals surface area contributed by atoms with Gasteiger partial charge in [0.05, 0.1) is 7.11 Å². The van der Waals surface area contributed by atoms with Crippen molar-refractivity contribution in [2.24, 2.45) is 5.92 Å². The Kier molecular flexibility index (Phi) is 4.51. The Labute approximate surface area is 128 Å². The van der Waals surface area contributed by atoms with E-state index in [1.807, 2.05) is 0 Å². The molecule has 2 atom stereocenters. The molecule has 3 rings (SSSR count). The molecule has 116 valence electrons. The first kappa shape index (κ1) is 14.9. The van der Waals surface area contributed by atoms with Crippen LogP contribution in [-0.4, -0.2) is 38.7 Å². The van der Waals surface area contributed by atoms with Crippen LogP contribution in [0.5, 0.6) is 5.75 Å². The zero-order valence-electron chi connectivity index (χ0n) is 13.6. The SMILES string of the molecule is CNC1c2ccc(OC)cc2CCC1N(C)CC1CCC1. The molecule has 3 nitrogen and oxygen atoms in total. The van der Waals surface area contributed by atoms with Gasteiger partial charge in [0.2, 0.25) is 0 Å². The molecule has 2 aliphatic carbocycles. The number of hydrogen-bond acceptors (Lipinski definition) is 3. The fourth-order valence-corrected chi connectivity index (χ4v) is 3.95. The lowest BCUT2D eigenvalue weighted by Gasteiger charge is -2.41. The molecular weight excluding hydrogens is 260 g/mol. The molecule has 0 bridgehead atoms. The van der Waals surface area contributed by atoms with Gasteiger partial charge in [-0.15, -0.1) is 0 Å². The molecule has 1 fully saturated rings. The van der Waals surface area contributed by atoms with E-state index in [1.165, 1.54) is 43.4 Å². The minimum atomic E-state index is 0.435. The standard InChI is InChI=1S/C18H28N2O/c1-19-18-16-9-8-15(21-3)11-14(16)7-10-17(18)20(2)12-13-5-4-6-13/h8-9,11,13,17-19H,4-7,10,12H2,1-3H3. The lowest BCUT2D eigenvalue weighted by atomic mass is 9.81. The number of likely N-dealkylation sites (N-methyl/N-ethyl adjacent to an activating group) is 2. The second kappa shape index (κ2) is 6.37. The predicted molar refractivity (Wildman–Crippen MR) is 86.9 cm³/mol. The van der Waals surface area contributed by atoms with Crippen molar-refractivity contribution in [1.82, 2.24) is 10.2 Å². The van der Waals surface area contributed by atoms with Crippen LogP contribution < -0.4 is 10.1 Å². The number of ether oxygens (including phenoxy) is 1. The molecule has 1 saturated carbocycles. The van der Waals surface area contributed by atoms with E-state index in [2.05, 4.69) is 42.5 Å². The molecule has 0 spiro atoms. The van der Waals surface area contributed by atoms with Crippen molar-refractivity contribution in [1.29, 1.82) is 0 Å². The highest BCUT2D eigenvalue weighted by atomic mass is 16.5. The Morgan fingerprint density at radius 3 is 2.71 bits per heavy atom. The van der Waals surface area contributed by atoms with Crippen LogP contribution in [0.2, 0.25) is 0 Å². The van der Waals surface area contributed by atoms with Crippen molar-refractivity contribution in [3.8, 4) is 5.75 Å². The first-order valence-corrected chi connectivity index (χ1v) is 8.27. The first-order chi connectivity index (χ1) is 10.2. The number of rotatable bonds is 5. The fourth-order valence-electron chi connectivity index (χ4n) is 3.95. The summed E-state index contributed by atoms with van der Waals surface area (Å²) in [4.78, 5) is 2.60. The van der Waals surface area contributed by atoms with Crippen LogP contribution >= 0.6 is 0 Å². The van der Waals surface area contributed by atoms with E-state index < -0.39 is 0 Å². The first-order valence-electron chi connectivity index (χ1n) is 8.27. The van der Waals surface area contributed by atoms with Crippen molar-refractivity contribution >= 4 is 0 Å². The molecule has 1 N–H and O–H groups in total. The van der Waals surface area contributed by atoms with Crippen molar-refractivity contribution in [3.63, 3.8) is 0 Å². The zero-order valence-corrected chi connectivity index (χ0v) is 13.6. The van der Waals surface area contributed by atoms with Crippen LogP contribution in [0.15, 0.2) is 18.2 Å². The summed E-state index contributed by atoms with van der Waals surface area (Å²) in [6.45, 7) is 1.26. The average Bonchev–Trinajstić information content (AvgIpc) is 2.48. The van der Waals surface area contributed by atoms with Gasteiger partial charge in [0.1, 0.15) is 5.75 Å². The van der Waals surface area contributed by atoms with E-state index >= 15 is 0 Å². The molecule has 1 aromatic rings. The third-order valence-corrected chi connectivity index (χ3v) is 5.43. The molecule has 1 aromatic carbocycles. The molecule has 3 heteroatoms. The van der Waals surface area contributed by atoms with Gasteiger partial charge in [-0.3, -0.25) is 0 Å². The largest absolute Gasteiger partial charge is 0.497 e. The molecule has 0 heterocycles. The number of methoxy groups -OCH3 is 1. The predicted octanol–water partition coefficient (Wildman–Crippen LogP) is 3.00. The third kappa shape index (κ3) is 2.95. The zero-order chi connectivity index (χ0) is 14.8. The molecule has 2 aliphatic rings. The maximum Gasteiger partial charge on any atom is 0.119 e. The van der Waals surface area contributed by atoms with E-state index in [1.54, 1.807) is 7.11 Å². The molecule has 0 saturated heterocycles. The quantitative estimate of drug-likeness (QED) is 0.901. The summed E-state index contributed by atoms with van der Waals surface area (Å²) in [6.07, 6.45) is 6.67. The van der Waals surface area contributed by atoms with Crippen molar-refractivity contribution in [2.45, 2.75) is 44.2 Å². The van der Waals surface area contributed by atoms with Gasteiger partial charge >= 0.3 is 0 Å². The molecule has 0 aromatic heterocycles. The summed E-state index contributed by atoms with van der Waals surface area (Å²) in [5, 5.41) is 3.56. The molecule has 21 heavy (non-hydrogen) atoms. The van der Waals surface area contributed by atoms with Crippen LogP contribution in [0.1, 0.15) is 42.9 Å². The lowest BCUT2D eigenvalue weighted by molar-refractivity contribution is 0.126. The number of nitrogens with zero attached hydrogens (tertiary/aromatic N) is 1. The molecule has 0 radical (unpaired) electrons. The van der Waals surface area contributed by atoms with Gasteiger partial charge < -0.3 is 15.0 Å². The van der Waals surface area contributed by atoms with Crippen molar-refractivity contribution in [2.75, 3.05) is 27.7 Å². The normalized spacial score (nSPS) is 25.5. The van der Waals surface area contributed by atoms with Crippen LogP contribution in [0.4, 0.5) is 0 Å². The second-order valence-corrected chi connectivity index (χ2v) is 6.67.